The minimum atomic E-state index is -0.950. The number of carbonyl (C=O) groups is 3. The third-order valence-electron chi connectivity index (χ3n) is 9.81. The lowest BCUT2D eigenvalue weighted by atomic mass is 9.76. The number of ether oxygens (including phenoxy) is 2. The van der Waals surface area contributed by atoms with E-state index in [9.17, 15) is 19.5 Å². The number of amides is 3. The van der Waals surface area contributed by atoms with Gasteiger partial charge >= 0.3 is 12.0 Å². The zero-order valence-corrected chi connectivity index (χ0v) is 27.0. The maximum absolute atomic E-state index is 13.4. The Bertz CT molecular complexity index is 885. The number of aliphatic carboxylic acids is 1. The zero-order chi connectivity index (χ0) is 30.8. The van der Waals surface area contributed by atoms with Crippen LogP contribution in [-0.4, -0.2) is 59.6 Å². The van der Waals surface area contributed by atoms with E-state index in [0.717, 1.165) is 57.8 Å². The lowest BCUT2D eigenvalue weighted by molar-refractivity contribution is -0.304. The van der Waals surface area contributed by atoms with Crippen LogP contribution in [0.4, 0.5) is 4.79 Å². The van der Waals surface area contributed by atoms with Crippen LogP contribution < -0.4 is 16.0 Å². The lowest BCUT2D eigenvalue weighted by Gasteiger charge is -2.45. The standard InChI is InChI=1S/C33H59N3O6/c1-6-7-8-9-10-14-19-33(20-15-11-16-21-33)36-30(40)35-26-18-13-12-17-24(26)25(29(38)39)22-34-28(37)27-31(2,3)23-41-32(4,5)42-27/h24-27H,6-23H2,1-5H3,(H,34,37)(H,38,39)(H2,35,36,40). The summed E-state index contributed by atoms with van der Waals surface area (Å²) in [6.07, 6.45) is 16.4. The number of hydrogen-bond acceptors (Lipinski definition) is 5. The monoisotopic (exact) mass is 593 g/mol. The third kappa shape index (κ3) is 10.1. The van der Waals surface area contributed by atoms with Gasteiger partial charge in [0.25, 0.3) is 0 Å². The van der Waals surface area contributed by atoms with Crippen molar-refractivity contribution in [1.29, 1.82) is 0 Å². The van der Waals surface area contributed by atoms with Gasteiger partial charge in [0.05, 0.1) is 12.5 Å². The summed E-state index contributed by atoms with van der Waals surface area (Å²) in [4.78, 5) is 39.2. The third-order valence-corrected chi connectivity index (χ3v) is 9.81. The van der Waals surface area contributed by atoms with Crippen LogP contribution in [0.3, 0.4) is 0 Å². The van der Waals surface area contributed by atoms with Gasteiger partial charge in [0.1, 0.15) is 6.10 Å². The average molecular weight is 594 g/mol. The molecule has 242 valence electrons. The van der Waals surface area contributed by atoms with E-state index in [-0.39, 0.29) is 36.0 Å². The van der Waals surface area contributed by atoms with Crippen molar-refractivity contribution >= 4 is 17.9 Å². The van der Waals surface area contributed by atoms with Gasteiger partial charge in [0.2, 0.25) is 5.91 Å². The molecule has 0 aromatic carbocycles. The summed E-state index contributed by atoms with van der Waals surface area (Å²) in [5.41, 5.74) is -0.711. The van der Waals surface area contributed by atoms with Crippen LogP contribution in [-0.2, 0) is 19.1 Å². The molecule has 3 aliphatic rings. The highest BCUT2D eigenvalue weighted by Gasteiger charge is 2.46. The highest BCUT2D eigenvalue weighted by atomic mass is 16.7. The number of hydrogen-bond donors (Lipinski definition) is 4. The molecule has 0 radical (unpaired) electrons. The summed E-state index contributed by atoms with van der Waals surface area (Å²) in [5, 5.41) is 19.7. The Morgan fingerprint density at radius 2 is 1.57 bits per heavy atom. The second kappa shape index (κ2) is 15.7. The maximum atomic E-state index is 13.4. The molecule has 3 fully saturated rings. The van der Waals surface area contributed by atoms with Gasteiger partial charge in [0, 0.05) is 23.5 Å². The molecular weight excluding hydrogens is 534 g/mol. The molecule has 1 aliphatic heterocycles. The molecule has 4 unspecified atom stereocenters. The predicted octanol–water partition coefficient (Wildman–Crippen LogP) is 6.29. The Labute approximate surface area is 254 Å². The van der Waals surface area contributed by atoms with E-state index < -0.39 is 29.2 Å². The number of carbonyl (C=O) groups excluding carboxylic acids is 2. The minimum absolute atomic E-state index is 0.00216. The normalized spacial score (nSPS) is 27.4. The summed E-state index contributed by atoms with van der Waals surface area (Å²) < 4.78 is 11.7. The first-order chi connectivity index (χ1) is 19.9. The molecule has 2 aliphatic carbocycles. The van der Waals surface area contributed by atoms with Gasteiger partial charge in [0.15, 0.2) is 5.79 Å². The Kier molecular flexibility index (Phi) is 13.0. The van der Waals surface area contributed by atoms with E-state index in [1.165, 1.54) is 38.5 Å². The first kappa shape index (κ1) is 34.6. The number of carboxylic acids is 1. The highest BCUT2D eigenvalue weighted by molar-refractivity contribution is 5.82. The van der Waals surface area contributed by atoms with Crippen molar-refractivity contribution in [2.24, 2.45) is 17.3 Å². The van der Waals surface area contributed by atoms with Crippen molar-refractivity contribution < 1.29 is 29.0 Å². The Balaban J connectivity index is 1.60. The fraction of sp³-hybridized carbons (Fsp3) is 0.909. The van der Waals surface area contributed by atoms with Crippen molar-refractivity contribution in [2.45, 2.75) is 161 Å². The molecule has 0 aromatic heterocycles. The molecule has 4 N–H and O–H groups in total. The molecule has 0 bridgehead atoms. The van der Waals surface area contributed by atoms with E-state index in [1.54, 1.807) is 13.8 Å². The van der Waals surface area contributed by atoms with Crippen molar-refractivity contribution in [2.75, 3.05) is 13.2 Å². The Morgan fingerprint density at radius 1 is 0.905 bits per heavy atom. The van der Waals surface area contributed by atoms with Crippen LogP contribution in [0.15, 0.2) is 0 Å². The number of urea groups is 1. The van der Waals surface area contributed by atoms with Crippen LogP contribution in [0.1, 0.15) is 137 Å². The number of unbranched alkanes of at least 4 members (excludes halogenated alkanes) is 5. The number of nitrogens with one attached hydrogen (secondary N) is 3. The molecule has 0 spiro atoms. The van der Waals surface area contributed by atoms with Crippen LogP contribution in [0.5, 0.6) is 0 Å². The molecule has 3 rings (SSSR count). The van der Waals surface area contributed by atoms with E-state index in [1.807, 2.05) is 13.8 Å². The Morgan fingerprint density at radius 3 is 2.26 bits per heavy atom. The first-order valence-electron chi connectivity index (χ1n) is 16.8. The molecule has 1 heterocycles. The molecule has 9 heteroatoms. The highest BCUT2D eigenvalue weighted by Crippen LogP contribution is 2.36. The van der Waals surface area contributed by atoms with Crippen molar-refractivity contribution in [3.8, 4) is 0 Å². The van der Waals surface area contributed by atoms with Gasteiger partial charge in [-0.15, -0.1) is 0 Å². The van der Waals surface area contributed by atoms with Gasteiger partial charge in [-0.25, -0.2) is 4.79 Å². The van der Waals surface area contributed by atoms with E-state index in [4.69, 9.17) is 9.47 Å². The lowest BCUT2D eigenvalue weighted by Crippen LogP contribution is -2.58. The van der Waals surface area contributed by atoms with E-state index in [0.29, 0.717) is 13.0 Å². The number of carboxylic acid groups (broad SMARTS) is 1. The van der Waals surface area contributed by atoms with Gasteiger partial charge in [-0.3, -0.25) is 9.59 Å². The number of rotatable bonds is 14. The van der Waals surface area contributed by atoms with Gasteiger partial charge in [-0.05, 0) is 51.9 Å². The van der Waals surface area contributed by atoms with Crippen LogP contribution in [0, 0.1) is 17.3 Å². The quantitative estimate of drug-likeness (QED) is 0.175. The summed E-state index contributed by atoms with van der Waals surface area (Å²) >= 11 is 0. The van der Waals surface area contributed by atoms with Crippen molar-refractivity contribution in [3.63, 3.8) is 0 Å². The maximum Gasteiger partial charge on any atom is 0.315 e. The van der Waals surface area contributed by atoms with Crippen molar-refractivity contribution in [3.05, 3.63) is 0 Å². The average Bonchev–Trinajstić information content (AvgIpc) is 2.93. The second-order valence-corrected chi connectivity index (χ2v) is 14.4. The Hall–Kier alpha value is -1.87. The molecule has 9 nitrogen and oxygen atoms in total. The largest absolute Gasteiger partial charge is 0.481 e. The summed E-state index contributed by atoms with van der Waals surface area (Å²) in [6, 6.07) is -0.423. The van der Waals surface area contributed by atoms with Crippen LogP contribution >= 0.6 is 0 Å². The molecule has 0 aromatic rings. The summed E-state index contributed by atoms with van der Waals surface area (Å²) in [6.45, 7) is 9.96. The minimum Gasteiger partial charge on any atom is -0.481 e. The van der Waals surface area contributed by atoms with Crippen molar-refractivity contribution in [1.82, 2.24) is 16.0 Å². The topological polar surface area (TPSA) is 126 Å². The molecule has 4 atom stereocenters. The van der Waals surface area contributed by atoms with Gasteiger partial charge in [-0.1, -0.05) is 91.4 Å². The summed E-state index contributed by atoms with van der Waals surface area (Å²) in [7, 11) is 0. The zero-order valence-electron chi connectivity index (χ0n) is 27.0. The van der Waals surface area contributed by atoms with E-state index >= 15 is 0 Å². The predicted molar refractivity (Wildman–Crippen MR) is 164 cm³/mol. The molecule has 1 saturated heterocycles. The van der Waals surface area contributed by atoms with Gasteiger partial charge in [-0.2, -0.15) is 0 Å². The SMILES string of the molecule is CCCCCCCCC1(NC(=O)NC2CCCCC2C(CNC(=O)C2OC(C)(C)OCC2(C)C)C(=O)O)CCCCC1. The molecule has 42 heavy (non-hydrogen) atoms. The van der Waals surface area contributed by atoms with Crippen LogP contribution in [0.2, 0.25) is 0 Å². The smallest absolute Gasteiger partial charge is 0.315 e. The molecular formula is C33H59N3O6. The molecule has 2 saturated carbocycles. The first-order valence-corrected chi connectivity index (χ1v) is 16.8. The molecule has 3 amide bonds. The second-order valence-electron chi connectivity index (χ2n) is 14.4. The van der Waals surface area contributed by atoms with E-state index in [2.05, 4.69) is 22.9 Å². The summed E-state index contributed by atoms with van der Waals surface area (Å²) in [5.74, 6) is -3.23. The fourth-order valence-corrected chi connectivity index (χ4v) is 7.22. The van der Waals surface area contributed by atoms with Gasteiger partial charge < -0.3 is 30.5 Å². The fourth-order valence-electron chi connectivity index (χ4n) is 7.22. The van der Waals surface area contributed by atoms with Crippen LogP contribution in [0.25, 0.3) is 0 Å².